The Morgan fingerprint density at radius 3 is 2.55 bits per heavy atom. The highest BCUT2D eigenvalue weighted by Gasteiger charge is 2.62. The van der Waals surface area contributed by atoms with Gasteiger partial charge in [-0.1, -0.05) is 19.1 Å². The largest absolute Gasteiger partial charge is 0.328 e. The predicted molar refractivity (Wildman–Crippen MR) is 152 cm³/mol. The molecule has 1 aliphatic carbocycles. The summed E-state index contributed by atoms with van der Waals surface area (Å²) in [5.74, 6) is 1.27. The van der Waals surface area contributed by atoms with Crippen LogP contribution in [0.4, 0.5) is 5.82 Å². The maximum atomic E-state index is 13.7. The van der Waals surface area contributed by atoms with Crippen molar-refractivity contribution in [1.82, 2.24) is 29.6 Å². The van der Waals surface area contributed by atoms with Gasteiger partial charge in [-0.3, -0.25) is 19.1 Å². The number of Topliss-reactive ketones (excluding diaryl/α,β-unsaturated/α-hetero) is 1. The number of likely N-dealkylation sites (tertiary alicyclic amines) is 1. The van der Waals surface area contributed by atoms with E-state index in [1.54, 1.807) is 22.0 Å². The van der Waals surface area contributed by atoms with Gasteiger partial charge >= 0.3 is 0 Å². The molecular formula is C29H28BrN7O3. The molecule has 0 spiro atoms. The van der Waals surface area contributed by atoms with Crippen LogP contribution in [0, 0.1) is 31.6 Å². The molecule has 0 bridgehead atoms. The molecular weight excluding hydrogens is 574 g/mol. The van der Waals surface area contributed by atoms with Gasteiger partial charge < -0.3 is 10.2 Å². The number of piperidine rings is 1. The fourth-order valence-corrected chi connectivity index (χ4v) is 6.14. The number of aromatic nitrogens is 5. The van der Waals surface area contributed by atoms with Gasteiger partial charge in [0.15, 0.2) is 5.78 Å². The average molecular weight is 602 g/mol. The van der Waals surface area contributed by atoms with E-state index in [9.17, 15) is 14.4 Å². The van der Waals surface area contributed by atoms with E-state index in [4.69, 9.17) is 0 Å². The number of fused-ring (bicyclic) bond motifs is 2. The Hall–Kier alpha value is -3.99. The highest BCUT2D eigenvalue weighted by Crippen LogP contribution is 2.55. The second-order valence-electron chi connectivity index (χ2n) is 10.7. The van der Waals surface area contributed by atoms with Crippen molar-refractivity contribution in [2.24, 2.45) is 17.8 Å². The van der Waals surface area contributed by atoms with Crippen molar-refractivity contribution in [3.8, 4) is 11.1 Å². The minimum Gasteiger partial charge on any atom is -0.328 e. The van der Waals surface area contributed by atoms with Crippen LogP contribution in [-0.2, 0) is 16.1 Å². The van der Waals surface area contributed by atoms with Crippen molar-refractivity contribution in [2.75, 3.05) is 11.9 Å². The molecule has 11 heteroatoms. The molecule has 10 nitrogen and oxygen atoms in total. The van der Waals surface area contributed by atoms with E-state index in [0.29, 0.717) is 45.3 Å². The minimum atomic E-state index is -0.588. The topological polar surface area (TPSA) is 123 Å². The molecule has 2 fully saturated rings. The summed E-state index contributed by atoms with van der Waals surface area (Å²) in [5, 5.41) is 8.12. The third-order valence-electron chi connectivity index (χ3n) is 8.12. The monoisotopic (exact) mass is 601 g/mol. The molecule has 1 aromatic carbocycles. The number of pyridine rings is 1. The fraction of sp³-hybridized carbons (Fsp3) is 0.345. The Labute approximate surface area is 239 Å². The first-order valence-corrected chi connectivity index (χ1v) is 14.0. The standard InChI is InChI=1S/C29H28BrN7O3/c1-14-5-8-23(30)33-28(14)34-29(40)27-25-15(2)21(25)12-36(27)24(39)13-37-22-7-6-18(19-10-31-17(4)32-11-19)9-20(22)26(35-37)16(3)38/h5-11,15,21,25,27H,12-13H2,1-4H3,(H,33,34,40)/t15-,21+,25-,27+/m1/s1. The van der Waals surface area contributed by atoms with Crippen LogP contribution in [0.25, 0.3) is 22.0 Å². The number of benzene rings is 1. The molecule has 1 saturated carbocycles. The van der Waals surface area contributed by atoms with Crippen LogP contribution < -0.4 is 5.32 Å². The summed E-state index contributed by atoms with van der Waals surface area (Å²) in [5.41, 5.74) is 3.47. The van der Waals surface area contributed by atoms with Crippen LogP contribution in [0.15, 0.2) is 47.3 Å². The number of aryl methyl sites for hydroxylation is 2. The van der Waals surface area contributed by atoms with Crippen molar-refractivity contribution < 1.29 is 14.4 Å². The number of rotatable bonds is 6. The number of carbonyl (C=O) groups excluding carboxylic acids is 3. The maximum Gasteiger partial charge on any atom is 0.248 e. The Balaban J connectivity index is 1.28. The molecule has 2 amide bonds. The predicted octanol–water partition coefficient (Wildman–Crippen LogP) is 4.20. The molecule has 204 valence electrons. The first-order valence-electron chi connectivity index (χ1n) is 13.2. The molecule has 4 aromatic rings. The van der Waals surface area contributed by atoms with E-state index in [1.165, 1.54) is 6.92 Å². The molecule has 1 N–H and O–H groups in total. The second-order valence-corrected chi connectivity index (χ2v) is 11.5. The normalized spacial score (nSPS) is 21.4. The summed E-state index contributed by atoms with van der Waals surface area (Å²) in [7, 11) is 0. The summed E-state index contributed by atoms with van der Waals surface area (Å²) in [6, 6.07) is 8.74. The van der Waals surface area contributed by atoms with Crippen LogP contribution >= 0.6 is 15.9 Å². The molecule has 2 aliphatic rings. The number of nitrogens with one attached hydrogen (secondary N) is 1. The van der Waals surface area contributed by atoms with Crippen LogP contribution in [0.5, 0.6) is 0 Å². The van der Waals surface area contributed by atoms with Gasteiger partial charge in [0.1, 0.15) is 34.5 Å². The van der Waals surface area contributed by atoms with E-state index in [-0.39, 0.29) is 36.0 Å². The zero-order valence-corrected chi connectivity index (χ0v) is 24.1. The Kier molecular flexibility index (Phi) is 6.48. The minimum absolute atomic E-state index is 0.0808. The van der Waals surface area contributed by atoms with Gasteiger partial charge in [-0.2, -0.15) is 5.10 Å². The number of amides is 2. The highest BCUT2D eigenvalue weighted by atomic mass is 79.9. The number of nitrogens with zero attached hydrogens (tertiary/aromatic N) is 6. The Bertz CT molecular complexity index is 1680. The smallest absolute Gasteiger partial charge is 0.248 e. The third kappa shape index (κ3) is 4.57. The molecule has 0 radical (unpaired) electrons. The van der Waals surface area contributed by atoms with Crippen molar-refractivity contribution in [1.29, 1.82) is 0 Å². The lowest BCUT2D eigenvalue weighted by molar-refractivity contribution is -0.138. The number of hydrogen-bond acceptors (Lipinski definition) is 7. The lowest BCUT2D eigenvalue weighted by Gasteiger charge is -2.28. The van der Waals surface area contributed by atoms with Gasteiger partial charge in [0.2, 0.25) is 11.8 Å². The molecule has 4 atom stereocenters. The quantitative estimate of drug-likeness (QED) is 0.259. The van der Waals surface area contributed by atoms with E-state index >= 15 is 0 Å². The number of halogens is 1. The first kappa shape index (κ1) is 26.2. The van der Waals surface area contributed by atoms with Gasteiger partial charge in [0.05, 0.1) is 5.52 Å². The average Bonchev–Trinajstić information content (AvgIpc) is 3.25. The van der Waals surface area contributed by atoms with Crippen LogP contribution in [-0.4, -0.2) is 59.8 Å². The number of carbonyl (C=O) groups is 3. The Morgan fingerprint density at radius 2 is 1.82 bits per heavy atom. The summed E-state index contributed by atoms with van der Waals surface area (Å²) in [6.45, 7) is 7.72. The van der Waals surface area contributed by atoms with Gasteiger partial charge in [-0.15, -0.1) is 0 Å². The van der Waals surface area contributed by atoms with Crippen LogP contribution in [0.1, 0.15) is 35.7 Å². The Morgan fingerprint density at radius 1 is 1.07 bits per heavy atom. The van der Waals surface area contributed by atoms with E-state index in [2.05, 4.69) is 48.2 Å². The summed E-state index contributed by atoms with van der Waals surface area (Å²) in [6.07, 6.45) is 3.47. The van der Waals surface area contributed by atoms with E-state index < -0.39 is 6.04 Å². The summed E-state index contributed by atoms with van der Waals surface area (Å²) < 4.78 is 2.18. The van der Waals surface area contributed by atoms with E-state index in [1.807, 2.05) is 44.2 Å². The summed E-state index contributed by atoms with van der Waals surface area (Å²) >= 11 is 3.36. The zero-order chi connectivity index (χ0) is 28.3. The summed E-state index contributed by atoms with van der Waals surface area (Å²) in [4.78, 5) is 54.3. The van der Waals surface area contributed by atoms with Crippen molar-refractivity contribution in [2.45, 2.75) is 40.3 Å². The zero-order valence-electron chi connectivity index (χ0n) is 22.6. The van der Waals surface area contributed by atoms with Gasteiger partial charge in [-0.05, 0) is 76.9 Å². The van der Waals surface area contributed by atoms with E-state index in [0.717, 1.165) is 16.7 Å². The number of hydrogen-bond donors (Lipinski definition) is 1. The molecule has 40 heavy (non-hydrogen) atoms. The number of ketones is 1. The van der Waals surface area contributed by atoms with Crippen molar-refractivity contribution in [3.05, 3.63) is 64.4 Å². The lowest BCUT2D eigenvalue weighted by atomic mass is 10.0. The van der Waals surface area contributed by atoms with Crippen LogP contribution in [0.2, 0.25) is 0 Å². The molecule has 1 saturated heterocycles. The first-order chi connectivity index (χ1) is 19.1. The molecule has 4 heterocycles. The fourth-order valence-electron chi connectivity index (χ4n) is 5.83. The van der Waals surface area contributed by atoms with Crippen LogP contribution in [0.3, 0.4) is 0 Å². The number of anilines is 1. The van der Waals surface area contributed by atoms with Gasteiger partial charge in [0, 0.05) is 36.8 Å². The molecule has 1 aliphatic heterocycles. The molecule has 0 unspecified atom stereocenters. The maximum absolute atomic E-state index is 13.7. The lowest BCUT2D eigenvalue weighted by Crippen LogP contribution is -2.48. The third-order valence-corrected chi connectivity index (χ3v) is 8.56. The van der Waals surface area contributed by atoms with Crippen molar-refractivity contribution in [3.63, 3.8) is 0 Å². The highest BCUT2D eigenvalue weighted by molar-refractivity contribution is 9.10. The molecule has 3 aromatic heterocycles. The molecule has 6 rings (SSSR count). The van der Waals surface area contributed by atoms with Gasteiger partial charge in [-0.25, -0.2) is 15.0 Å². The van der Waals surface area contributed by atoms with Gasteiger partial charge in [0.25, 0.3) is 0 Å². The van der Waals surface area contributed by atoms with Crippen molar-refractivity contribution >= 4 is 50.2 Å². The SMILES string of the molecule is CC(=O)c1nn(CC(=O)N2C[C@H]3[C@@H](C)[C@H]3[C@H]2C(=O)Nc2nc(Br)ccc2C)c2ccc(-c3cnc(C)nc3)cc12. The second kappa shape index (κ2) is 9.88.